The molecule has 0 aliphatic rings. The van der Waals surface area contributed by atoms with Gasteiger partial charge in [0.1, 0.15) is 5.82 Å². The van der Waals surface area contributed by atoms with Crippen LogP contribution in [0.15, 0.2) is 18.2 Å². The summed E-state index contributed by atoms with van der Waals surface area (Å²) >= 11 is 0. The molecule has 19 heavy (non-hydrogen) atoms. The van der Waals surface area contributed by atoms with Gasteiger partial charge in [-0.2, -0.15) is 0 Å². The minimum Gasteiger partial charge on any atom is -0.342 e. The Labute approximate surface area is 116 Å². The summed E-state index contributed by atoms with van der Waals surface area (Å²) in [6, 6.07) is 6.58. The van der Waals surface area contributed by atoms with E-state index in [1.54, 1.807) is 0 Å². The van der Waals surface area contributed by atoms with E-state index in [1.807, 2.05) is 0 Å². The third-order valence-electron chi connectivity index (χ3n) is 3.97. The summed E-state index contributed by atoms with van der Waals surface area (Å²) in [6.45, 7) is 11.3. The molecule has 104 valence electrons. The van der Waals surface area contributed by atoms with E-state index in [-0.39, 0.29) is 5.41 Å². The first-order chi connectivity index (χ1) is 8.90. The molecule has 2 aromatic rings. The topological polar surface area (TPSA) is 28.7 Å². The van der Waals surface area contributed by atoms with E-state index in [1.165, 1.54) is 23.9 Å². The molecule has 2 nitrogen and oxygen atoms in total. The standard InChI is InChI=1S/C17H26N2/c1-6-12(2)7-10-16-18-14-9-8-13(17(3,4)5)11-15(14)19-16/h8-9,11-12H,6-7,10H2,1-5H3,(H,18,19). The van der Waals surface area contributed by atoms with Crippen LogP contribution in [0.3, 0.4) is 0 Å². The summed E-state index contributed by atoms with van der Waals surface area (Å²) in [6.07, 6.45) is 3.51. The van der Waals surface area contributed by atoms with Crippen molar-refractivity contribution in [3.8, 4) is 0 Å². The van der Waals surface area contributed by atoms with Crippen molar-refractivity contribution in [2.45, 2.75) is 59.3 Å². The molecule has 1 atom stereocenters. The van der Waals surface area contributed by atoms with Crippen LogP contribution < -0.4 is 0 Å². The van der Waals surface area contributed by atoms with Gasteiger partial charge in [-0.3, -0.25) is 0 Å². The Morgan fingerprint density at radius 1 is 1.26 bits per heavy atom. The number of nitrogens with one attached hydrogen (secondary N) is 1. The molecular formula is C17H26N2. The first-order valence-electron chi connectivity index (χ1n) is 7.39. The Morgan fingerprint density at radius 2 is 2.00 bits per heavy atom. The molecule has 2 rings (SSSR count). The fourth-order valence-electron chi connectivity index (χ4n) is 2.23. The van der Waals surface area contributed by atoms with Gasteiger partial charge in [-0.15, -0.1) is 0 Å². The third kappa shape index (κ3) is 3.37. The number of aromatic nitrogens is 2. The van der Waals surface area contributed by atoms with Crippen LogP contribution in [0.2, 0.25) is 0 Å². The number of nitrogens with zero attached hydrogens (tertiary/aromatic N) is 1. The van der Waals surface area contributed by atoms with Gasteiger partial charge in [0, 0.05) is 6.42 Å². The zero-order valence-corrected chi connectivity index (χ0v) is 12.9. The van der Waals surface area contributed by atoms with Gasteiger partial charge in [-0.25, -0.2) is 4.98 Å². The number of aromatic amines is 1. The van der Waals surface area contributed by atoms with Gasteiger partial charge in [0.05, 0.1) is 11.0 Å². The van der Waals surface area contributed by atoms with Crippen LogP contribution in [0.5, 0.6) is 0 Å². The maximum Gasteiger partial charge on any atom is 0.107 e. The molecule has 0 aliphatic heterocycles. The van der Waals surface area contributed by atoms with E-state index < -0.39 is 0 Å². The molecule has 0 amide bonds. The van der Waals surface area contributed by atoms with Crippen LogP contribution in [0, 0.1) is 5.92 Å². The molecule has 0 bridgehead atoms. The third-order valence-corrected chi connectivity index (χ3v) is 3.97. The minimum atomic E-state index is 0.191. The van der Waals surface area contributed by atoms with E-state index >= 15 is 0 Å². The number of aryl methyl sites for hydroxylation is 1. The molecule has 0 fully saturated rings. The normalized spacial score (nSPS) is 13.9. The van der Waals surface area contributed by atoms with Crippen LogP contribution in [-0.4, -0.2) is 9.97 Å². The lowest BCUT2D eigenvalue weighted by Gasteiger charge is -2.18. The predicted octanol–water partition coefficient (Wildman–Crippen LogP) is 4.84. The van der Waals surface area contributed by atoms with Gasteiger partial charge in [-0.1, -0.05) is 47.1 Å². The summed E-state index contributed by atoms with van der Waals surface area (Å²) < 4.78 is 0. The highest BCUT2D eigenvalue weighted by atomic mass is 14.9. The molecule has 1 aromatic heterocycles. The minimum absolute atomic E-state index is 0.191. The lowest BCUT2D eigenvalue weighted by molar-refractivity contribution is 0.511. The van der Waals surface area contributed by atoms with E-state index in [0.717, 1.165) is 23.7 Å². The average molecular weight is 258 g/mol. The fraction of sp³-hybridized carbons (Fsp3) is 0.588. The Kier molecular flexibility index (Phi) is 3.98. The van der Waals surface area contributed by atoms with Crippen LogP contribution in [0.4, 0.5) is 0 Å². The second-order valence-electron chi connectivity index (χ2n) is 6.72. The number of H-pyrrole nitrogens is 1. The van der Waals surface area contributed by atoms with E-state index in [2.05, 4.69) is 62.8 Å². The van der Waals surface area contributed by atoms with Crippen molar-refractivity contribution in [2.75, 3.05) is 0 Å². The highest BCUT2D eigenvalue weighted by molar-refractivity contribution is 5.76. The molecule has 1 unspecified atom stereocenters. The number of benzene rings is 1. The molecule has 0 spiro atoms. The lowest BCUT2D eigenvalue weighted by Crippen LogP contribution is -2.10. The van der Waals surface area contributed by atoms with Gasteiger partial charge in [-0.05, 0) is 35.4 Å². The molecule has 1 N–H and O–H groups in total. The molecule has 0 radical (unpaired) electrons. The van der Waals surface area contributed by atoms with Gasteiger partial charge in [0.15, 0.2) is 0 Å². The monoisotopic (exact) mass is 258 g/mol. The molecule has 0 saturated heterocycles. The lowest BCUT2D eigenvalue weighted by atomic mass is 9.87. The van der Waals surface area contributed by atoms with Crippen LogP contribution in [-0.2, 0) is 11.8 Å². The summed E-state index contributed by atoms with van der Waals surface area (Å²) in [5, 5.41) is 0. The largest absolute Gasteiger partial charge is 0.342 e. The summed E-state index contributed by atoms with van der Waals surface area (Å²) in [5.41, 5.74) is 3.81. The van der Waals surface area contributed by atoms with Crippen molar-refractivity contribution in [1.29, 1.82) is 0 Å². The fourth-order valence-corrected chi connectivity index (χ4v) is 2.23. The quantitative estimate of drug-likeness (QED) is 0.835. The summed E-state index contributed by atoms with van der Waals surface area (Å²) in [4.78, 5) is 8.16. The first-order valence-corrected chi connectivity index (χ1v) is 7.39. The van der Waals surface area contributed by atoms with Crippen LogP contribution in [0.25, 0.3) is 11.0 Å². The van der Waals surface area contributed by atoms with Gasteiger partial charge >= 0.3 is 0 Å². The highest BCUT2D eigenvalue weighted by Crippen LogP contribution is 2.25. The van der Waals surface area contributed by atoms with Crippen molar-refractivity contribution in [2.24, 2.45) is 5.92 Å². The first kappa shape index (κ1) is 14.1. The van der Waals surface area contributed by atoms with Crippen molar-refractivity contribution in [3.05, 3.63) is 29.6 Å². The molecule has 2 heteroatoms. The van der Waals surface area contributed by atoms with Crippen molar-refractivity contribution >= 4 is 11.0 Å². The molecule has 0 aliphatic carbocycles. The van der Waals surface area contributed by atoms with E-state index in [9.17, 15) is 0 Å². The molecular weight excluding hydrogens is 232 g/mol. The zero-order chi connectivity index (χ0) is 14.0. The predicted molar refractivity (Wildman–Crippen MR) is 82.6 cm³/mol. The number of hydrogen-bond acceptors (Lipinski definition) is 1. The zero-order valence-electron chi connectivity index (χ0n) is 12.9. The maximum absolute atomic E-state index is 4.69. The van der Waals surface area contributed by atoms with Crippen LogP contribution >= 0.6 is 0 Å². The second kappa shape index (κ2) is 5.36. The maximum atomic E-state index is 4.69. The van der Waals surface area contributed by atoms with Gasteiger partial charge < -0.3 is 4.98 Å². The number of hydrogen-bond donors (Lipinski definition) is 1. The van der Waals surface area contributed by atoms with Gasteiger partial charge in [0.2, 0.25) is 0 Å². The SMILES string of the molecule is CCC(C)CCc1nc2ccc(C(C)(C)C)cc2[nH]1. The van der Waals surface area contributed by atoms with Gasteiger partial charge in [0.25, 0.3) is 0 Å². The molecule has 1 heterocycles. The number of rotatable bonds is 4. The number of fused-ring (bicyclic) bond motifs is 1. The molecule has 0 saturated carbocycles. The van der Waals surface area contributed by atoms with E-state index in [4.69, 9.17) is 0 Å². The van der Waals surface area contributed by atoms with Crippen LogP contribution in [0.1, 0.15) is 58.8 Å². The summed E-state index contributed by atoms with van der Waals surface area (Å²) in [5.74, 6) is 1.90. The van der Waals surface area contributed by atoms with Crippen molar-refractivity contribution in [1.82, 2.24) is 9.97 Å². The smallest absolute Gasteiger partial charge is 0.107 e. The Balaban J connectivity index is 2.21. The average Bonchev–Trinajstić information content (AvgIpc) is 2.76. The highest BCUT2D eigenvalue weighted by Gasteiger charge is 2.14. The van der Waals surface area contributed by atoms with Crippen molar-refractivity contribution < 1.29 is 0 Å². The number of imidazole rings is 1. The Bertz CT molecular complexity index is 546. The second-order valence-corrected chi connectivity index (χ2v) is 6.72. The Morgan fingerprint density at radius 3 is 2.63 bits per heavy atom. The summed E-state index contributed by atoms with van der Waals surface area (Å²) in [7, 11) is 0. The molecule has 1 aromatic carbocycles. The van der Waals surface area contributed by atoms with E-state index in [0.29, 0.717) is 0 Å². The van der Waals surface area contributed by atoms with Crippen molar-refractivity contribution in [3.63, 3.8) is 0 Å². The Hall–Kier alpha value is -1.31.